The molecule has 28 heavy (non-hydrogen) atoms. The molecule has 0 N–H and O–H groups in total. The first-order valence-corrected chi connectivity index (χ1v) is 11.2. The van der Waals surface area contributed by atoms with E-state index >= 15 is 0 Å². The maximum absolute atomic E-state index is 2.39. The van der Waals surface area contributed by atoms with Crippen LogP contribution in [0.5, 0.6) is 0 Å². The standard InChI is InChI=1S/C26H18S2/c1-16-6-9-20-22-15-18(8-11-25(22)28-26(20)12-16)13-17-7-10-24-21(14-17)19-4-2-3-5-23(19)27-24/h2-12,14-15H,13H2,1H3. The van der Waals surface area contributed by atoms with Gasteiger partial charge in [0.2, 0.25) is 0 Å². The molecule has 0 atom stereocenters. The molecular weight excluding hydrogens is 376 g/mol. The Balaban J connectivity index is 1.45. The van der Waals surface area contributed by atoms with Gasteiger partial charge in [-0.05, 0) is 66.4 Å². The van der Waals surface area contributed by atoms with Crippen molar-refractivity contribution in [2.75, 3.05) is 0 Å². The second kappa shape index (κ2) is 6.16. The van der Waals surface area contributed by atoms with Gasteiger partial charge in [0.1, 0.15) is 0 Å². The minimum absolute atomic E-state index is 0.971. The molecule has 0 aliphatic heterocycles. The van der Waals surface area contributed by atoms with Gasteiger partial charge in [-0.25, -0.2) is 0 Å². The maximum Gasteiger partial charge on any atom is 0.0358 e. The summed E-state index contributed by atoms with van der Waals surface area (Å²) in [4.78, 5) is 0. The van der Waals surface area contributed by atoms with Gasteiger partial charge >= 0.3 is 0 Å². The highest BCUT2D eigenvalue weighted by Crippen LogP contribution is 2.36. The molecule has 0 nitrogen and oxygen atoms in total. The maximum atomic E-state index is 2.39. The Labute approximate surface area is 171 Å². The number of benzene rings is 4. The summed E-state index contributed by atoms with van der Waals surface area (Å²) < 4.78 is 5.51. The Kier molecular flexibility index (Phi) is 3.59. The van der Waals surface area contributed by atoms with Gasteiger partial charge in [0.15, 0.2) is 0 Å². The van der Waals surface area contributed by atoms with Gasteiger partial charge in [0.05, 0.1) is 0 Å². The lowest BCUT2D eigenvalue weighted by molar-refractivity contribution is 1.21. The largest absolute Gasteiger partial charge is 0.135 e. The fourth-order valence-electron chi connectivity index (χ4n) is 4.16. The average molecular weight is 395 g/mol. The van der Waals surface area contributed by atoms with Gasteiger partial charge in [0.25, 0.3) is 0 Å². The van der Waals surface area contributed by atoms with E-state index in [1.54, 1.807) is 0 Å². The van der Waals surface area contributed by atoms with Crippen molar-refractivity contribution in [3.8, 4) is 0 Å². The van der Waals surface area contributed by atoms with Crippen molar-refractivity contribution in [3.63, 3.8) is 0 Å². The fraction of sp³-hybridized carbons (Fsp3) is 0.0769. The zero-order chi connectivity index (χ0) is 18.7. The lowest BCUT2D eigenvalue weighted by Gasteiger charge is -2.04. The summed E-state index contributed by atoms with van der Waals surface area (Å²) >= 11 is 3.78. The van der Waals surface area contributed by atoms with Gasteiger partial charge in [-0.1, -0.05) is 42.5 Å². The van der Waals surface area contributed by atoms with Gasteiger partial charge < -0.3 is 0 Å². The highest BCUT2D eigenvalue weighted by Gasteiger charge is 2.08. The molecule has 2 heterocycles. The van der Waals surface area contributed by atoms with E-state index in [2.05, 4.69) is 85.8 Å². The molecular formula is C26H18S2. The third-order valence-corrected chi connectivity index (χ3v) is 7.83. The highest BCUT2D eigenvalue weighted by atomic mass is 32.1. The first kappa shape index (κ1) is 16.3. The number of hydrogen-bond donors (Lipinski definition) is 0. The van der Waals surface area contributed by atoms with Crippen LogP contribution in [0.25, 0.3) is 40.3 Å². The second-order valence-electron chi connectivity index (χ2n) is 7.54. The van der Waals surface area contributed by atoms with Crippen molar-refractivity contribution < 1.29 is 0 Å². The quantitative estimate of drug-likeness (QED) is 0.277. The van der Waals surface area contributed by atoms with Gasteiger partial charge in [-0.3, -0.25) is 0 Å². The fourth-order valence-corrected chi connectivity index (χ4v) is 6.43. The summed E-state index contributed by atoms with van der Waals surface area (Å²) in [7, 11) is 0. The van der Waals surface area contributed by atoms with E-state index < -0.39 is 0 Å². The average Bonchev–Trinajstić information content (AvgIpc) is 3.25. The zero-order valence-corrected chi connectivity index (χ0v) is 17.2. The summed E-state index contributed by atoms with van der Waals surface area (Å²) in [6, 6.07) is 29.5. The molecule has 0 fully saturated rings. The smallest absolute Gasteiger partial charge is 0.0358 e. The zero-order valence-electron chi connectivity index (χ0n) is 15.5. The minimum Gasteiger partial charge on any atom is -0.135 e. The van der Waals surface area contributed by atoms with E-state index in [1.165, 1.54) is 57.0 Å². The molecule has 0 unspecified atom stereocenters. The van der Waals surface area contributed by atoms with Crippen molar-refractivity contribution >= 4 is 63.0 Å². The van der Waals surface area contributed by atoms with Gasteiger partial charge in [-0.15, -0.1) is 22.7 Å². The molecule has 0 amide bonds. The van der Waals surface area contributed by atoms with Crippen molar-refractivity contribution in [2.45, 2.75) is 13.3 Å². The lowest BCUT2D eigenvalue weighted by atomic mass is 10.0. The van der Waals surface area contributed by atoms with Gasteiger partial charge in [-0.2, -0.15) is 0 Å². The van der Waals surface area contributed by atoms with E-state index in [-0.39, 0.29) is 0 Å². The number of hydrogen-bond acceptors (Lipinski definition) is 2. The summed E-state index contributed by atoms with van der Waals surface area (Å²) in [5.41, 5.74) is 4.09. The van der Waals surface area contributed by atoms with E-state index in [9.17, 15) is 0 Å². The third kappa shape index (κ3) is 2.56. The lowest BCUT2D eigenvalue weighted by Crippen LogP contribution is -1.87. The first-order valence-electron chi connectivity index (χ1n) is 9.57. The molecule has 0 spiro atoms. The van der Waals surface area contributed by atoms with Crippen molar-refractivity contribution in [3.05, 3.63) is 95.6 Å². The molecule has 6 rings (SSSR count). The van der Waals surface area contributed by atoms with E-state index in [0.717, 1.165) is 6.42 Å². The predicted octanol–water partition coefficient (Wildman–Crippen LogP) is 8.32. The van der Waals surface area contributed by atoms with Crippen LogP contribution in [0, 0.1) is 6.92 Å². The second-order valence-corrected chi connectivity index (χ2v) is 9.71. The molecule has 0 bridgehead atoms. The number of fused-ring (bicyclic) bond motifs is 6. The van der Waals surface area contributed by atoms with Crippen LogP contribution >= 0.6 is 22.7 Å². The number of thiophene rings is 2. The Bertz CT molecular complexity index is 1500. The normalized spacial score (nSPS) is 11.9. The summed E-state index contributed by atoms with van der Waals surface area (Å²) in [6.07, 6.45) is 0.971. The molecule has 0 radical (unpaired) electrons. The first-order chi connectivity index (χ1) is 13.7. The Morgan fingerprint density at radius 3 is 1.89 bits per heavy atom. The predicted molar refractivity (Wildman–Crippen MR) is 126 cm³/mol. The molecule has 2 heteroatoms. The van der Waals surface area contributed by atoms with Crippen molar-refractivity contribution in [1.82, 2.24) is 0 Å². The van der Waals surface area contributed by atoms with Crippen LogP contribution in [-0.2, 0) is 6.42 Å². The van der Waals surface area contributed by atoms with Crippen LogP contribution in [0.1, 0.15) is 16.7 Å². The van der Waals surface area contributed by atoms with Crippen LogP contribution in [-0.4, -0.2) is 0 Å². The summed E-state index contributed by atoms with van der Waals surface area (Å²) in [5.74, 6) is 0. The van der Waals surface area contributed by atoms with Crippen molar-refractivity contribution in [1.29, 1.82) is 0 Å². The van der Waals surface area contributed by atoms with Crippen LogP contribution in [0.15, 0.2) is 78.9 Å². The Hall–Kier alpha value is -2.68. The van der Waals surface area contributed by atoms with Crippen LogP contribution in [0.3, 0.4) is 0 Å². The summed E-state index contributed by atoms with van der Waals surface area (Å²) in [5, 5.41) is 5.53. The topological polar surface area (TPSA) is 0 Å². The molecule has 0 aliphatic rings. The Morgan fingerprint density at radius 1 is 0.536 bits per heavy atom. The highest BCUT2D eigenvalue weighted by molar-refractivity contribution is 7.26. The molecule has 6 aromatic rings. The molecule has 4 aromatic carbocycles. The molecule has 2 aromatic heterocycles. The van der Waals surface area contributed by atoms with Crippen LogP contribution < -0.4 is 0 Å². The SMILES string of the molecule is Cc1ccc2c(c1)sc1ccc(Cc3ccc4sc5ccccc5c4c3)cc12. The van der Waals surface area contributed by atoms with Crippen molar-refractivity contribution in [2.24, 2.45) is 0 Å². The molecule has 134 valence electrons. The Morgan fingerprint density at radius 2 is 1.14 bits per heavy atom. The third-order valence-electron chi connectivity index (χ3n) is 5.54. The van der Waals surface area contributed by atoms with Crippen LogP contribution in [0.2, 0.25) is 0 Å². The molecule has 0 saturated carbocycles. The van der Waals surface area contributed by atoms with Gasteiger partial charge in [0, 0.05) is 40.3 Å². The van der Waals surface area contributed by atoms with Crippen LogP contribution in [0.4, 0.5) is 0 Å². The summed E-state index contributed by atoms with van der Waals surface area (Å²) in [6.45, 7) is 2.17. The number of rotatable bonds is 2. The van der Waals surface area contributed by atoms with E-state index in [1.807, 2.05) is 22.7 Å². The number of aryl methyl sites for hydroxylation is 1. The monoisotopic (exact) mass is 394 g/mol. The van der Waals surface area contributed by atoms with E-state index in [0.29, 0.717) is 0 Å². The van der Waals surface area contributed by atoms with E-state index in [4.69, 9.17) is 0 Å². The molecule has 0 aliphatic carbocycles. The molecule has 0 saturated heterocycles. The minimum atomic E-state index is 0.971.